The minimum Gasteiger partial charge on any atom is -0.379 e. The quantitative estimate of drug-likeness (QED) is 0.360. The molecule has 9 nitrogen and oxygen atoms in total. The van der Waals surface area contributed by atoms with E-state index in [-0.39, 0.29) is 29.6 Å². The molecule has 1 aromatic heterocycles. The van der Waals surface area contributed by atoms with Crippen LogP contribution in [-0.4, -0.2) is 94.8 Å². The van der Waals surface area contributed by atoms with Gasteiger partial charge in [0, 0.05) is 64.5 Å². The van der Waals surface area contributed by atoms with Crippen molar-refractivity contribution in [3.05, 3.63) is 64.5 Å². The number of nitriles is 1. The Hall–Kier alpha value is -3.32. The van der Waals surface area contributed by atoms with Gasteiger partial charge in [-0.15, -0.1) is 0 Å². The first kappa shape index (κ1) is 33.6. The monoisotopic (exact) mass is 641 g/mol. The van der Waals surface area contributed by atoms with Crippen molar-refractivity contribution in [1.29, 1.82) is 5.26 Å². The van der Waals surface area contributed by atoms with Crippen LogP contribution in [0.15, 0.2) is 36.4 Å². The molecule has 1 aromatic carbocycles. The molecule has 47 heavy (non-hydrogen) atoms. The van der Waals surface area contributed by atoms with Gasteiger partial charge in [0.25, 0.3) is 0 Å². The first-order valence-electron chi connectivity index (χ1n) is 17.9. The van der Waals surface area contributed by atoms with E-state index in [1.807, 2.05) is 19.9 Å². The highest BCUT2D eigenvalue weighted by molar-refractivity contribution is 5.92. The van der Waals surface area contributed by atoms with Gasteiger partial charge in [-0.3, -0.25) is 4.48 Å². The van der Waals surface area contributed by atoms with Crippen LogP contribution in [0.5, 0.6) is 0 Å². The molecule has 252 valence electrons. The van der Waals surface area contributed by atoms with Gasteiger partial charge in [-0.05, 0) is 76.5 Å². The van der Waals surface area contributed by atoms with Gasteiger partial charge < -0.3 is 19.9 Å². The fourth-order valence-electron chi connectivity index (χ4n) is 9.29. The smallest absolute Gasteiger partial charge is 0.348 e. The first-order chi connectivity index (χ1) is 22.7. The zero-order valence-electron chi connectivity index (χ0n) is 28.8. The van der Waals surface area contributed by atoms with Crippen molar-refractivity contribution in [2.45, 2.75) is 103 Å². The molecule has 6 rings (SSSR count). The third-order valence-electron chi connectivity index (χ3n) is 12.0. The van der Waals surface area contributed by atoms with Gasteiger partial charge in [-0.1, -0.05) is 30.3 Å². The van der Waals surface area contributed by atoms with Crippen LogP contribution in [0.2, 0.25) is 0 Å². The second-order valence-corrected chi connectivity index (χ2v) is 14.7. The second-order valence-electron chi connectivity index (χ2n) is 14.7. The van der Waals surface area contributed by atoms with Crippen LogP contribution in [0.4, 0.5) is 4.79 Å². The van der Waals surface area contributed by atoms with E-state index in [0.29, 0.717) is 53.1 Å². The van der Waals surface area contributed by atoms with Gasteiger partial charge in [0.1, 0.15) is 22.9 Å². The lowest BCUT2D eigenvalue weighted by Crippen LogP contribution is -2.72. The van der Waals surface area contributed by atoms with Gasteiger partial charge in [-0.25, -0.2) is 14.6 Å². The van der Waals surface area contributed by atoms with Crippen LogP contribution in [0.1, 0.15) is 104 Å². The van der Waals surface area contributed by atoms with Crippen LogP contribution in [-0.2, 0) is 4.74 Å². The number of urea groups is 1. The van der Waals surface area contributed by atoms with Crippen LogP contribution in [0, 0.1) is 31.1 Å². The molecule has 1 N–H and O–H groups in total. The molecule has 3 saturated heterocycles. The molecule has 1 aliphatic carbocycles. The number of hydrogen-bond donors (Lipinski definition) is 1. The van der Waals surface area contributed by atoms with Gasteiger partial charge in [0.2, 0.25) is 0 Å². The third kappa shape index (κ3) is 6.45. The van der Waals surface area contributed by atoms with Crippen LogP contribution in [0.25, 0.3) is 0 Å². The number of ether oxygens (including phenoxy) is 1. The summed E-state index contributed by atoms with van der Waals surface area (Å²) in [6, 6.07) is 14.6. The van der Waals surface area contributed by atoms with E-state index in [1.54, 1.807) is 6.07 Å². The van der Waals surface area contributed by atoms with E-state index in [4.69, 9.17) is 4.74 Å². The van der Waals surface area contributed by atoms with Crippen LogP contribution < -0.4 is 5.32 Å². The zero-order valence-corrected chi connectivity index (χ0v) is 28.8. The van der Waals surface area contributed by atoms with Crippen molar-refractivity contribution in [3.8, 4) is 6.07 Å². The van der Waals surface area contributed by atoms with Crippen molar-refractivity contribution in [2.24, 2.45) is 5.92 Å². The summed E-state index contributed by atoms with van der Waals surface area (Å²) in [5.41, 5.74) is 3.42. The van der Waals surface area contributed by atoms with E-state index < -0.39 is 0 Å². The SMILES string of the molecule is CCOC1CCC(CN2C[C@@H](c3ccccc3)N(C3CC[N+](C(=O)c4c(C)cc(C#N)nc4C)(C4(C)CCNCC4)CC3)C2=O)CC1. The Bertz CT molecular complexity index is 1440. The van der Waals surface area contributed by atoms with E-state index in [2.05, 4.69) is 64.3 Å². The highest BCUT2D eigenvalue weighted by atomic mass is 16.5. The lowest BCUT2D eigenvalue weighted by atomic mass is 9.81. The Morgan fingerprint density at radius 3 is 2.38 bits per heavy atom. The molecule has 4 fully saturated rings. The molecule has 3 amide bonds. The predicted octanol–water partition coefficient (Wildman–Crippen LogP) is 5.91. The number of hydrogen-bond acceptors (Lipinski definition) is 6. The standard InChI is InChI=1S/C38H53N6O3/c1-5-47-33-13-11-29(12-14-33)25-42-26-34(30-9-7-6-8-10-30)43(37(42)46)32-15-21-44(22-16-32,38(4)17-19-40-20-18-38)36(45)35-27(2)23-31(24-39)41-28(35)3/h6-10,23,29,32-34,40H,5,11-22,25-26H2,1-4H3/q+1/t29?,32?,33?,34-,44?/m0/s1. The number of carbonyl (C=O) groups excluding carboxylic acids is 2. The summed E-state index contributed by atoms with van der Waals surface area (Å²) in [5.74, 6) is 0.629. The largest absolute Gasteiger partial charge is 0.379 e. The van der Waals surface area contributed by atoms with Crippen molar-refractivity contribution in [2.75, 3.05) is 45.9 Å². The van der Waals surface area contributed by atoms with Crippen molar-refractivity contribution in [3.63, 3.8) is 0 Å². The van der Waals surface area contributed by atoms with Gasteiger partial charge in [-0.2, -0.15) is 5.26 Å². The molecule has 9 heteroatoms. The lowest BCUT2D eigenvalue weighted by Gasteiger charge is -2.55. The molecule has 1 saturated carbocycles. The molecule has 1 atom stereocenters. The summed E-state index contributed by atoms with van der Waals surface area (Å²) in [4.78, 5) is 38.1. The molecular weight excluding hydrogens is 588 g/mol. The third-order valence-corrected chi connectivity index (χ3v) is 12.0. The number of pyridine rings is 1. The fraction of sp³-hybridized carbons (Fsp3) is 0.632. The van der Waals surface area contributed by atoms with Crippen molar-refractivity contribution in [1.82, 2.24) is 20.1 Å². The summed E-state index contributed by atoms with van der Waals surface area (Å²) in [6.07, 6.45) is 8.10. The lowest BCUT2D eigenvalue weighted by molar-refractivity contribution is -0.907. The van der Waals surface area contributed by atoms with E-state index in [9.17, 15) is 14.9 Å². The Labute approximate surface area is 280 Å². The zero-order chi connectivity index (χ0) is 33.2. The maximum Gasteiger partial charge on any atom is 0.348 e. The fourth-order valence-corrected chi connectivity index (χ4v) is 9.29. The number of benzene rings is 1. The van der Waals surface area contributed by atoms with E-state index >= 15 is 0 Å². The average Bonchev–Trinajstić information content (AvgIpc) is 3.41. The minimum absolute atomic E-state index is 0.00541. The van der Waals surface area contributed by atoms with E-state index in [1.165, 1.54) is 5.56 Å². The summed E-state index contributed by atoms with van der Waals surface area (Å²) in [7, 11) is 0. The summed E-state index contributed by atoms with van der Waals surface area (Å²) >= 11 is 0. The average molecular weight is 642 g/mol. The summed E-state index contributed by atoms with van der Waals surface area (Å²) in [6.45, 7) is 13.6. The molecule has 0 spiro atoms. The summed E-state index contributed by atoms with van der Waals surface area (Å²) < 4.78 is 6.28. The molecule has 0 unspecified atom stereocenters. The normalized spacial score (nSPS) is 29.5. The molecule has 0 bridgehead atoms. The number of nitrogens with zero attached hydrogens (tertiary/aromatic N) is 5. The number of carbonyl (C=O) groups is 2. The molecular formula is C38H53N6O3+. The van der Waals surface area contributed by atoms with Gasteiger partial charge in [0.15, 0.2) is 0 Å². The summed E-state index contributed by atoms with van der Waals surface area (Å²) in [5, 5.41) is 13.0. The minimum atomic E-state index is -0.222. The molecule has 0 radical (unpaired) electrons. The second kappa shape index (κ2) is 14.0. The number of nitrogens with one attached hydrogen (secondary N) is 1. The van der Waals surface area contributed by atoms with Crippen molar-refractivity contribution < 1.29 is 18.8 Å². The van der Waals surface area contributed by atoms with Crippen molar-refractivity contribution >= 4 is 11.9 Å². The number of aryl methyl sites for hydroxylation is 2. The molecule has 2 aromatic rings. The Balaban J connectivity index is 1.26. The van der Waals surface area contributed by atoms with E-state index in [0.717, 1.165) is 83.2 Å². The Kier molecular flexibility index (Phi) is 10.0. The number of likely N-dealkylation sites (tertiary alicyclic amines) is 1. The first-order valence-corrected chi connectivity index (χ1v) is 17.9. The topological polar surface area (TPSA) is 98.6 Å². The van der Waals surface area contributed by atoms with Crippen LogP contribution in [0.3, 0.4) is 0 Å². The maximum absolute atomic E-state index is 14.9. The molecule has 3 aliphatic heterocycles. The highest BCUT2D eigenvalue weighted by Crippen LogP contribution is 2.43. The van der Waals surface area contributed by atoms with Gasteiger partial charge >= 0.3 is 11.9 Å². The number of piperidine rings is 2. The molecule has 4 aliphatic rings. The number of aromatic nitrogens is 1. The number of amides is 3. The van der Waals surface area contributed by atoms with Crippen LogP contribution >= 0.6 is 0 Å². The molecule has 4 heterocycles. The Morgan fingerprint density at radius 1 is 1.09 bits per heavy atom. The number of quaternary nitrogens is 1. The predicted molar refractivity (Wildman–Crippen MR) is 182 cm³/mol. The maximum atomic E-state index is 14.9. The Morgan fingerprint density at radius 2 is 1.77 bits per heavy atom. The highest BCUT2D eigenvalue weighted by Gasteiger charge is 2.57. The number of rotatable bonds is 8. The van der Waals surface area contributed by atoms with Gasteiger partial charge in [0.05, 0.1) is 30.9 Å².